The Balaban J connectivity index is 1.41. The summed E-state index contributed by atoms with van der Waals surface area (Å²) in [5.41, 5.74) is 2.86. The van der Waals surface area contributed by atoms with Gasteiger partial charge in [0, 0.05) is 6.54 Å². The summed E-state index contributed by atoms with van der Waals surface area (Å²) < 4.78 is 20.6. The molecule has 0 atom stereocenters. The number of nitrogens with zero attached hydrogens (tertiary/aromatic N) is 4. The van der Waals surface area contributed by atoms with E-state index in [1.54, 1.807) is 43.5 Å². The average molecular weight is 490 g/mol. The van der Waals surface area contributed by atoms with Crippen molar-refractivity contribution in [2.24, 2.45) is 0 Å². The molecule has 0 saturated heterocycles. The van der Waals surface area contributed by atoms with E-state index in [9.17, 15) is 14.0 Å². The first kappa shape index (κ1) is 24.3. The number of ether oxygens (including phenoxy) is 1. The van der Waals surface area contributed by atoms with Gasteiger partial charge in [-0.15, -0.1) is 0 Å². The summed E-state index contributed by atoms with van der Waals surface area (Å²) in [4.78, 5) is 33.2. The number of alkyl halides is 1. The van der Waals surface area contributed by atoms with Gasteiger partial charge in [0.2, 0.25) is 0 Å². The Bertz CT molecular complexity index is 1360. The maximum absolute atomic E-state index is 13.8. The van der Waals surface area contributed by atoms with Crippen molar-refractivity contribution in [1.29, 1.82) is 0 Å². The minimum Gasteiger partial charge on any atom is -0.495 e. The van der Waals surface area contributed by atoms with Crippen LogP contribution in [-0.4, -0.2) is 38.8 Å². The van der Waals surface area contributed by atoms with Crippen LogP contribution in [0.4, 0.5) is 20.7 Å². The van der Waals surface area contributed by atoms with E-state index in [0.29, 0.717) is 28.5 Å². The van der Waals surface area contributed by atoms with Gasteiger partial charge >= 0.3 is 6.03 Å². The fraction of sp³-hybridized carbons (Fsp3) is 0.160. The lowest BCUT2D eigenvalue weighted by Crippen LogP contribution is -2.24. The molecule has 36 heavy (non-hydrogen) atoms. The van der Waals surface area contributed by atoms with Crippen molar-refractivity contribution in [3.63, 3.8) is 0 Å². The highest BCUT2D eigenvalue weighted by molar-refractivity contribution is 6.00. The van der Waals surface area contributed by atoms with Crippen LogP contribution in [0.25, 0.3) is 5.69 Å². The molecular weight excluding hydrogens is 465 g/mol. The molecule has 0 aliphatic carbocycles. The summed E-state index contributed by atoms with van der Waals surface area (Å²) >= 11 is 0. The first-order chi connectivity index (χ1) is 17.5. The molecule has 10 nitrogen and oxygen atoms in total. The predicted molar refractivity (Wildman–Crippen MR) is 132 cm³/mol. The number of nitrogens with one attached hydrogen (secondary N) is 3. The zero-order valence-electron chi connectivity index (χ0n) is 19.7. The zero-order chi connectivity index (χ0) is 25.5. The Labute approximate surface area is 206 Å². The van der Waals surface area contributed by atoms with Gasteiger partial charge in [-0.25, -0.2) is 18.9 Å². The second-order valence-corrected chi connectivity index (χ2v) is 7.73. The van der Waals surface area contributed by atoms with Crippen LogP contribution >= 0.6 is 0 Å². The molecular formula is C25H24FN7O3. The van der Waals surface area contributed by atoms with Crippen molar-refractivity contribution in [2.45, 2.75) is 20.1 Å². The SMILES string of the molecule is COc1cc(CNC(=O)c2cnn(-c3ccccc3)c2CF)ccc1NC(=O)Nc1cnc(C)cn1. The van der Waals surface area contributed by atoms with Gasteiger partial charge in [-0.2, -0.15) is 5.10 Å². The third-order valence-electron chi connectivity index (χ3n) is 5.23. The lowest BCUT2D eigenvalue weighted by molar-refractivity contribution is 0.0949. The van der Waals surface area contributed by atoms with E-state index < -0.39 is 18.6 Å². The topological polar surface area (TPSA) is 123 Å². The Kier molecular flexibility index (Phi) is 7.49. The Morgan fingerprint density at radius 1 is 1.03 bits per heavy atom. The van der Waals surface area contributed by atoms with Crippen LogP contribution in [0.3, 0.4) is 0 Å². The number of anilines is 2. The Morgan fingerprint density at radius 3 is 2.53 bits per heavy atom. The minimum absolute atomic E-state index is 0.155. The van der Waals surface area contributed by atoms with Gasteiger partial charge in [-0.3, -0.25) is 15.1 Å². The van der Waals surface area contributed by atoms with Crippen molar-refractivity contribution < 1.29 is 18.7 Å². The van der Waals surface area contributed by atoms with Crippen molar-refractivity contribution in [3.05, 3.63) is 89.6 Å². The van der Waals surface area contributed by atoms with Crippen molar-refractivity contribution in [1.82, 2.24) is 25.1 Å². The molecule has 3 amide bonds. The van der Waals surface area contributed by atoms with Gasteiger partial charge in [0.15, 0.2) is 5.82 Å². The number of methoxy groups -OCH3 is 1. The van der Waals surface area contributed by atoms with E-state index in [1.165, 1.54) is 24.2 Å². The molecule has 0 aliphatic heterocycles. The molecule has 4 aromatic rings. The number of carbonyl (C=O) groups is 2. The first-order valence-electron chi connectivity index (χ1n) is 11.0. The molecule has 2 aromatic carbocycles. The van der Waals surface area contributed by atoms with E-state index in [4.69, 9.17) is 4.74 Å². The first-order valence-corrected chi connectivity index (χ1v) is 11.0. The van der Waals surface area contributed by atoms with Crippen LogP contribution < -0.4 is 20.7 Å². The summed E-state index contributed by atoms with van der Waals surface area (Å²) in [5, 5.41) is 12.2. The van der Waals surface area contributed by atoms with Crippen LogP contribution in [0, 0.1) is 6.92 Å². The summed E-state index contributed by atoms with van der Waals surface area (Å²) in [5.74, 6) is 0.248. The number of hydrogen-bond acceptors (Lipinski definition) is 6. The summed E-state index contributed by atoms with van der Waals surface area (Å²) in [7, 11) is 1.47. The maximum Gasteiger partial charge on any atom is 0.324 e. The summed E-state index contributed by atoms with van der Waals surface area (Å²) in [6, 6.07) is 13.6. The number of rotatable bonds is 8. The maximum atomic E-state index is 13.8. The molecule has 4 rings (SSSR count). The van der Waals surface area contributed by atoms with Crippen LogP contribution in [0.5, 0.6) is 5.75 Å². The molecule has 0 aliphatic rings. The van der Waals surface area contributed by atoms with E-state index in [0.717, 1.165) is 5.69 Å². The van der Waals surface area contributed by atoms with Gasteiger partial charge in [-0.05, 0) is 36.8 Å². The smallest absolute Gasteiger partial charge is 0.324 e. The summed E-state index contributed by atoms with van der Waals surface area (Å²) in [6.45, 7) is 1.11. The highest BCUT2D eigenvalue weighted by Gasteiger charge is 2.18. The molecule has 3 N–H and O–H groups in total. The second kappa shape index (κ2) is 11.1. The highest BCUT2D eigenvalue weighted by Crippen LogP contribution is 2.26. The highest BCUT2D eigenvalue weighted by atomic mass is 19.1. The molecule has 0 spiro atoms. The number of aromatic nitrogens is 4. The van der Waals surface area contributed by atoms with Gasteiger partial charge in [0.25, 0.3) is 5.91 Å². The number of amides is 3. The largest absolute Gasteiger partial charge is 0.495 e. The van der Waals surface area contributed by atoms with Crippen LogP contribution in [0.1, 0.15) is 27.3 Å². The van der Waals surface area contributed by atoms with Crippen LogP contribution in [0.2, 0.25) is 0 Å². The van der Waals surface area contributed by atoms with Gasteiger partial charge in [0.1, 0.15) is 12.4 Å². The number of carbonyl (C=O) groups excluding carboxylic acids is 2. The standard InChI is InChI=1S/C25H24FN7O3/c1-16-12-28-23(15-27-16)32-25(35)31-20-9-8-17(10-22(20)36-2)13-29-24(34)19-14-30-33(21(19)11-26)18-6-4-3-5-7-18/h3-10,12,14-15H,11,13H2,1-2H3,(H,29,34)(H2,28,31,32,35). The molecule has 184 valence electrons. The zero-order valence-corrected chi connectivity index (χ0v) is 19.7. The van der Waals surface area contributed by atoms with E-state index in [2.05, 4.69) is 31.0 Å². The molecule has 0 fully saturated rings. The van der Waals surface area contributed by atoms with Crippen molar-refractivity contribution in [2.75, 3.05) is 17.7 Å². The molecule has 0 radical (unpaired) electrons. The van der Waals surface area contributed by atoms with Crippen LogP contribution in [0.15, 0.2) is 67.1 Å². The number of urea groups is 1. The number of aryl methyl sites for hydroxylation is 1. The number of benzene rings is 2. The van der Waals surface area contributed by atoms with Crippen molar-refractivity contribution >= 4 is 23.4 Å². The minimum atomic E-state index is -0.845. The molecule has 0 bridgehead atoms. The Hall–Kier alpha value is -4.80. The van der Waals surface area contributed by atoms with Gasteiger partial charge < -0.3 is 15.4 Å². The summed E-state index contributed by atoms with van der Waals surface area (Å²) in [6.07, 6.45) is 4.35. The lowest BCUT2D eigenvalue weighted by atomic mass is 10.1. The lowest BCUT2D eigenvalue weighted by Gasteiger charge is -2.13. The van der Waals surface area contributed by atoms with E-state index >= 15 is 0 Å². The quantitative estimate of drug-likeness (QED) is 0.344. The number of para-hydroxylation sites is 1. The third kappa shape index (κ3) is 5.63. The third-order valence-corrected chi connectivity index (χ3v) is 5.23. The predicted octanol–water partition coefficient (Wildman–Crippen LogP) is 4.02. The fourth-order valence-corrected chi connectivity index (χ4v) is 3.44. The monoisotopic (exact) mass is 489 g/mol. The van der Waals surface area contributed by atoms with Gasteiger partial charge in [0.05, 0.1) is 54.0 Å². The van der Waals surface area contributed by atoms with Gasteiger partial charge in [-0.1, -0.05) is 24.3 Å². The normalized spacial score (nSPS) is 10.5. The van der Waals surface area contributed by atoms with Crippen LogP contribution in [-0.2, 0) is 13.2 Å². The van der Waals surface area contributed by atoms with Crippen molar-refractivity contribution in [3.8, 4) is 11.4 Å². The number of halogens is 1. The average Bonchev–Trinajstić information content (AvgIpc) is 3.34. The number of hydrogen-bond donors (Lipinski definition) is 3. The van der Waals surface area contributed by atoms with E-state index in [-0.39, 0.29) is 17.8 Å². The Morgan fingerprint density at radius 2 is 1.83 bits per heavy atom. The fourth-order valence-electron chi connectivity index (χ4n) is 3.44. The van der Waals surface area contributed by atoms with E-state index in [1.807, 2.05) is 18.2 Å². The molecule has 11 heteroatoms. The molecule has 0 saturated carbocycles. The second-order valence-electron chi connectivity index (χ2n) is 7.73. The molecule has 2 heterocycles. The molecule has 2 aromatic heterocycles. The molecule has 0 unspecified atom stereocenters.